The van der Waals surface area contributed by atoms with E-state index in [-0.39, 0.29) is 5.38 Å². The van der Waals surface area contributed by atoms with Crippen LogP contribution in [-0.4, -0.2) is 5.38 Å². The Balaban J connectivity index is 2.32. The lowest BCUT2D eigenvalue weighted by Gasteiger charge is -1.96. The molecule has 0 saturated carbocycles. The van der Waals surface area contributed by atoms with Crippen molar-refractivity contribution in [2.75, 3.05) is 0 Å². The van der Waals surface area contributed by atoms with Crippen molar-refractivity contribution in [3.63, 3.8) is 0 Å². The molecule has 1 aliphatic rings. The van der Waals surface area contributed by atoms with Crippen molar-refractivity contribution < 1.29 is 0 Å². The molecule has 1 aromatic rings. The second-order valence-electron chi connectivity index (χ2n) is 2.84. The molecule has 3 heteroatoms. The summed E-state index contributed by atoms with van der Waals surface area (Å²) in [5.41, 5.74) is 1.40. The summed E-state index contributed by atoms with van der Waals surface area (Å²) in [5.74, 6) is 0. The average molecular weight is 264 g/mol. The first-order valence-corrected chi connectivity index (χ1v) is 5.96. The van der Waals surface area contributed by atoms with Crippen LogP contribution >= 0.6 is 38.9 Å². The molecule has 0 fully saturated rings. The predicted octanol–water partition coefficient (Wildman–Crippen LogP) is 4.30. The van der Waals surface area contributed by atoms with Gasteiger partial charge in [0, 0.05) is 9.35 Å². The van der Waals surface area contributed by atoms with Gasteiger partial charge in [0.25, 0.3) is 0 Å². The second-order valence-corrected chi connectivity index (χ2v) is 5.18. The van der Waals surface area contributed by atoms with E-state index in [9.17, 15) is 0 Å². The second kappa shape index (κ2) is 3.52. The minimum absolute atomic E-state index is 0.244. The van der Waals surface area contributed by atoms with Crippen LogP contribution in [-0.2, 0) is 0 Å². The molecule has 12 heavy (non-hydrogen) atoms. The van der Waals surface area contributed by atoms with Crippen molar-refractivity contribution in [1.82, 2.24) is 0 Å². The number of hydrogen-bond acceptors (Lipinski definition) is 1. The third-order valence-corrected chi connectivity index (χ3v) is 4.24. The maximum Gasteiger partial charge on any atom is 0.0525 e. The standard InChI is InChI=1S/C9H8BrClS/c10-8-3-4-12-9(8)6-1-2-7(11)5-6/h3-5,7H,1-2H2. The summed E-state index contributed by atoms with van der Waals surface area (Å²) < 4.78 is 1.20. The van der Waals surface area contributed by atoms with Gasteiger partial charge in [-0.1, -0.05) is 6.08 Å². The first kappa shape index (κ1) is 8.79. The fraction of sp³-hybridized carbons (Fsp3) is 0.333. The predicted molar refractivity (Wildman–Crippen MR) is 58.9 cm³/mol. The first-order chi connectivity index (χ1) is 5.77. The van der Waals surface area contributed by atoms with Gasteiger partial charge in [-0.2, -0.15) is 0 Å². The highest BCUT2D eigenvalue weighted by molar-refractivity contribution is 9.10. The topological polar surface area (TPSA) is 0 Å². The molecule has 0 N–H and O–H groups in total. The molecule has 0 bridgehead atoms. The molecule has 64 valence electrons. The highest BCUT2D eigenvalue weighted by Crippen LogP contribution is 2.37. The van der Waals surface area contributed by atoms with E-state index in [1.165, 1.54) is 14.9 Å². The summed E-state index contributed by atoms with van der Waals surface area (Å²) in [6.45, 7) is 0. The molecule has 0 aromatic carbocycles. The molecule has 1 aliphatic carbocycles. The Labute approximate surface area is 89.4 Å². The lowest BCUT2D eigenvalue weighted by Crippen LogP contribution is -1.81. The van der Waals surface area contributed by atoms with Crippen molar-refractivity contribution in [2.45, 2.75) is 18.2 Å². The quantitative estimate of drug-likeness (QED) is 0.663. The fourth-order valence-electron chi connectivity index (χ4n) is 1.39. The van der Waals surface area contributed by atoms with E-state index >= 15 is 0 Å². The Kier molecular flexibility index (Phi) is 2.58. The molecule has 0 saturated heterocycles. The van der Waals surface area contributed by atoms with E-state index in [0.717, 1.165) is 12.8 Å². The van der Waals surface area contributed by atoms with Crippen LogP contribution < -0.4 is 0 Å². The van der Waals surface area contributed by atoms with Crippen LogP contribution in [0.25, 0.3) is 5.57 Å². The minimum Gasteiger partial charge on any atom is -0.143 e. The molecule has 1 aromatic heterocycles. The van der Waals surface area contributed by atoms with Gasteiger partial charge in [0.2, 0.25) is 0 Å². The van der Waals surface area contributed by atoms with E-state index in [1.54, 1.807) is 11.3 Å². The Bertz CT molecular complexity index is 316. The average Bonchev–Trinajstić information content (AvgIpc) is 2.58. The van der Waals surface area contributed by atoms with Crippen molar-refractivity contribution in [1.29, 1.82) is 0 Å². The molecule has 0 radical (unpaired) electrons. The maximum absolute atomic E-state index is 5.99. The van der Waals surface area contributed by atoms with E-state index in [4.69, 9.17) is 11.6 Å². The zero-order valence-electron chi connectivity index (χ0n) is 6.39. The highest BCUT2D eigenvalue weighted by atomic mass is 79.9. The minimum atomic E-state index is 0.244. The summed E-state index contributed by atoms with van der Waals surface area (Å²) in [5, 5.41) is 2.34. The van der Waals surface area contributed by atoms with Gasteiger partial charge in [-0.15, -0.1) is 22.9 Å². The first-order valence-electron chi connectivity index (χ1n) is 3.85. The van der Waals surface area contributed by atoms with Gasteiger partial charge in [-0.3, -0.25) is 0 Å². The molecular formula is C9H8BrClS. The number of hydrogen-bond donors (Lipinski definition) is 0. The van der Waals surface area contributed by atoms with Crippen LogP contribution in [0.4, 0.5) is 0 Å². The summed E-state index contributed by atoms with van der Waals surface area (Å²) in [4.78, 5) is 1.35. The van der Waals surface area contributed by atoms with E-state index in [2.05, 4.69) is 33.5 Å². The monoisotopic (exact) mass is 262 g/mol. The summed E-state index contributed by atoms with van der Waals surface area (Å²) in [7, 11) is 0. The van der Waals surface area contributed by atoms with Crippen molar-refractivity contribution >= 4 is 44.4 Å². The molecule has 0 spiro atoms. The van der Waals surface area contributed by atoms with Gasteiger partial charge in [0.1, 0.15) is 0 Å². The van der Waals surface area contributed by atoms with E-state index < -0.39 is 0 Å². The van der Waals surface area contributed by atoms with Gasteiger partial charge in [0.15, 0.2) is 0 Å². The van der Waals surface area contributed by atoms with Gasteiger partial charge in [0.05, 0.1) is 5.38 Å². The molecule has 0 amide bonds. The summed E-state index contributed by atoms with van der Waals surface area (Å²) in [6.07, 6.45) is 4.37. The lowest BCUT2D eigenvalue weighted by atomic mass is 10.2. The van der Waals surface area contributed by atoms with Crippen LogP contribution in [0.15, 0.2) is 22.0 Å². The molecule has 0 nitrogen and oxygen atoms in total. The van der Waals surface area contributed by atoms with Crippen molar-refractivity contribution in [2.24, 2.45) is 0 Å². The fourth-order valence-corrected chi connectivity index (χ4v) is 3.34. The molecule has 1 unspecified atom stereocenters. The number of rotatable bonds is 1. The van der Waals surface area contributed by atoms with E-state index in [0.29, 0.717) is 0 Å². The zero-order valence-corrected chi connectivity index (χ0v) is 9.55. The van der Waals surface area contributed by atoms with Crippen LogP contribution in [0.2, 0.25) is 0 Å². The van der Waals surface area contributed by atoms with Gasteiger partial charge in [-0.05, 0) is 45.8 Å². The Morgan fingerprint density at radius 1 is 1.58 bits per heavy atom. The normalized spacial score (nSPS) is 22.8. The number of alkyl halides is 1. The zero-order chi connectivity index (χ0) is 8.55. The Morgan fingerprint density at radius 2 is 2.42 bits per heavy atom. The number of allylic oxidation sites excluding steroid dienone is 2. The molecule has 2 rings (SSSR count). The van der Waals surface area contributed by atoms with Crippen molar-refractivity contribution in [3.05, 3.63) is 26.9 Å². The van der Waals surface area contributed by atoms with Gasteiger partial charge >= 0.3 is 0 Å². The van der Waals surface area contributed by atoms with Crippen LogP contribution in [0.5, 0.6) is 0 Å². The lowest BCUT2D eigenvalue weighted by molar-refractivity contribution is 0.943. The highest BCUT2D eigenvalue weighted by Gasteiger charge is 2.16. The Hall–Kier alpha value is 0.210. The molecule has 0 aliphatic heterocycles. The SMILES string of the molecule is ClC1C=C(c2sccc2Br)CC1. The van der Waals surface area contributed by atoms with Gasteiger partial charge < -0.3 is 0 Å². The van der Waals surface area contributed by atoms with Gasteiger partial charge in [-0.25, -0.2) is 0 Å². The third kappa shape index (κ3) is 1.61. The van der Waals surface area contributed by atoms with E-state index in [1.807, 2.05) is 0 Å². The largest absolute Gasteiger partial charge is 0.143 e. The molecular weight excluding hydrogens is 256 g/mol. The Morgan fingerprint density at radius 3 is 2.92 bits per heavy atom. The van der Waals surface area contributed by atoms with Crippen molar-refractivity contribution in [3.8, 4) is 0 Å². The number of halogens is 2. The van der Waals surface area contributed by atoms with Crippen LogP contribution in [0.1, 0.15) is 17.7 Å². The smallest absolute Gasteiger partial charge is 0.0525 e. The third-order valence-electron chi connectivity index (χ3n) is 1.98. The maximum atomic E-state index is 5.99. The molecule has 1 heterocycles. The molecule has 1 atom stereocenters. The van der Waals surface area contributed by atoms with Crippen LogP contribution in [0.3, 0.4) is 0 Å². The summed E-state index contributed by atoms with van der Waals surface area (Å²) in [6, 6.07) is 2.09. The summed E-state index contributed by atoms with van der Waals surface area (Å²) >= 11 is 11.3. The van der Waals surface area contributed by atoms with Crippen LogP contribution in [0, 0.1) is 0 Å². The number of thiophene rings is 1.